The molecule has 0 aromatic rings. The van der Waals surface area contributed by atoms with E-state index in [1.54, 1.807) is 0 Å². The van der Waals surface area contributed by atoms with E-state index in [0.29, 0.717) is 24.3 Å². The Labute approximate surface area is 111 Å². The van der Waals surface area contributed by atoms with Gasteiger partial charge in [0, 0.05) is 32.2 Å². The van der Waals surface area contributed by atoms with E-state index in [4.69, 9.17) is 0 Å². The van der Waals surface area contributed by atoms with Crippen molar-refractivity contribution in [3.8, 4) is 0 Å². The smallest absolute Gasteiger partial charge is 0.221 e. The first-order valence-corrected chi connectivity index (χ1v) is 7.24. The number of hydrogen-bond donors (Lipinski definition) is 3. The molecule has 0 saturated heterocycles. The van der Waals surface area contributed by atoms with Gasteiger partial charge >= 0.3 is 0 Å². The van der Waals surface area contributed by atoms with Gasteiger partial charge in [-0.05, 0) is 24.7 Å². The Morgan fingerprint density at radius 1 is 1.28 bits per heavy atom. The number of rotatable bonds is 7. The van der Waals surface area contributed by atoms with Crippen LogP contribution in [0.15, 0.2) is 0 Å². The molecule has 1 saturated carbocycles. The third-order valence-corrected chi connectivity index (χ3v) is 3.77. The van der Waals surface area contributed by atoms with Gasteiger partial charge in [0.2, 0.25) is 5.91 Å². The van der Waals surface area contributed by atoms with Crippen LogP contribution in [0.5, 0.6) is 0 Å². The molecule has 2 unspecified atom stereocenters. The molecule has 4 nitrogen and oxygen atoms in total. The molecule has 4 heteroatoms. The van der Waals surface area contributed by atoms with Crippen LogP contribution in [0.2, 0.25) is 0 Å². The second-order valence-corrected chi connectivity index (χ2v) is 5.65. The van der Waals surface area contributed by atoms with Crippen LogP contribution in [0.1, 0.15) is 46.0 Å². The van der Waals surface area contributed by atoms with Gasteiger partial charge < -0.3 is 15.7 Å². The number of amides is 1. The normalized spacial score (nSPS) is 24.2. The molecule has 0 radical (unpaired) electrons. The average molecular weight is 256 g/mol. The first-order chi connectivity index (χ1) is 8.63. The lowest BCUT2D eigenvalue weighted by Crippen LogP contribution is -2.37. The highest BCUT2D eigenvalue weighted by Crippen LogP contribution is 2.28. The van der Waals surface area contributed by atoms with Gasteiger partial charge in [0.25, 0.3) is 0 Å². The lowest BCUT2D eigenvalue weighted by Gasteiger charge is -2.30. The van der Waals surface area contributed by atoms with E-state index < -0.39 is 0 Å². The van der Waals surface area contributed by atoms with Gasteiger partial charge in [0.1, 0.15) is 0 Å². The van der Waals surface area contributed by atoms with Crippen molar-refractivity contribution < 1.29 is 9.90 Å². The predicted molar refractivity (Wildman–Crippen MR) is 73.3 cm³/mol. The second-order valence-electron chi connectivity index (χ2n) is 5.65. The van der Waals surface area contributed by atoms with E-state index in [-0.39, 0.29) is 12.5 Å². The van der Waals surface area contributed by atoms with Gasteiger partial charge in [0.05, 0.1) is 0 Å². The molecule has 106 valence electrons. The SMILES string of the molecule is CC(C)NCCC(=O)NCC1CCCCC1CO. The Hall–Kier alpha value is -0.610. The molecular weight excluding hydrogens is 228 g/mol. The summed E-state index contributed by atoms with van der Waals surface area (Å²) >= 11 is 0. The van der Waals surface area contributed by atoms with Crippen LogP contribution in [0.3, 0.4) is 0 Å². The zero-order valence-electron chi connectivity index (χ0n) is 11.7. The van der Waals surface area contributed by atoms with Crippen LogP contribution >= 0.6 is 0 Å². The molecule has 1 aliphatic carbocycles. The number of hydrogen-bond acceptors (Lipinski definition) is 3. The average Bonchev–Trinajstić information content (AvgIpc) is 2.36. The molecule has 0 spiro atoms. The standard InChI is InChI=1S/C14H28N2O2/c1-11(2)15-8-7-14(18)16-9-12-5-3-4-6-13(12)10-17/h11-13,15,17H,3-10H2,1-2H3,(H,16,18). The zero-order chi connectivity index (χ0) is 13.4. The first-order valence-electron chi connectivity index (χ1n) is 7.24. The van der Waals surface area contributed by atoms with Gasteiger partial charge in [-0.1, -0.05) is 26.7 Å². The summed E-state index contributed by atoms with van der Waals surface area (Å²) in [4.78, 5) is 11.6. The number of nitrogens with one attached hydrogen (secondary N) is 2. The topological polar surface area (TPSA) is 61.4 Å². The lowest BCUT2D eigenvalue weighted by molar-refractivity contribution is -0.121. The van der Waals surface area contributed by atoms with E-state index in [2.05, 4.69) is 24.5 Å². The zero-order valence-corrected chi connectivity index (χ0v) is 11.7. The molecule has 0 bridgehead atoms. The fraction of sp³-hybridized carbons (Fsp3) is 0.929. The van der Waals surface area contributed by atoms with Crippen molar-refractivity contribution in [3.63, 3.8) is 0 Å². The Kier molecular flexibility index (Phi) is 7.28. The molecule has 1 aliphatic rings. The molecule has 0 aromatic heterocycles. The summed E-state index contributed by atoms with van der Waals surface area (Å²) in [6, 6.07) is 0.426. The Morgan fingerprint density at radius 2 is 1.94 bits per heavy atom. The maximum absolute atomic E-state index is 11.6. The van der Waals surface area contributed by atoms with E-state index in [1.165, 1.54) is 12.8 Å². The van der Waals surface area contributed by atoms with Crippen LogP contribution < -0.4 is 10.6 Å². The highest BCUT2D eigenvalue weighted by Gasteiger charge is 2.24. The fourth-order valence-corrected chi connectivity index (χ4v) is 2.60. The summed E-state index contributed by atoms with van der Waals surface area (Å²) in [5.41, 5.74) is 0. The number of aliphatic hydroxyl groups excluding tert-OH is 1. The molecule has 18 heavy (non-hydrogen) atoms. The number of carbonyl (C=O) groups excluding carboxylic acids is 1. The largest absolute Gasteiger partial charge is 0.396 e. The van der Waals surface area contributed by atoms with E-state index in [1.807, 2.05) is 0 Å². The molecule has 1 fully saturated rings. The van der Waals surface area contributed by atoms with Gasteiger partial charge in [0.15, 0.2) is 0 Å². The van der Waals surface area contributed by atoms with Gasteiger partial charge in [-0.25, -0.2) is 0 Å². The molecule has 2 atom stereocenters. The van der Waals surface area contributed by atoms with Crippen LogP contribution in [0, 0.1) is 11.8 Å². The quantitative estimate of drug-likeness (QED) is 0.643. The minimum Gasteiger partial charge on any atom is -0.396 e. The van der Waals surface area contributed by atoms with Crippen LogP contribution in [-0.2, 0) is 4.79 Å². The van der Waals surface area contributed by atoms with Crippen molar-refractivity contribution in [2.75, 3.05) is 19.7 Å². The van der Waals surface area contributed by atoms with Crippen molar-refractivity contribution >= 4 is 5.91 Å². The number of aliphatic hydroxyl groups is 1. The summed E-state index contributed by atoms with van der Waals surface area (Å²) in [6.07, 6.45) is 5.22. The highest BCUT2D eigenvalue weighted by molar-refractivity contribution is 5.76. The van der Waals surface area contributed by atoms with Crippen molar-refractivity contribution in [3.05, 3.63) is 0 Å². The maximum Gasteiger partial charge on any atom is 0.221 e. The van der Waals surface area contributed by atoms with Gasteiger partial charge in [-0.2, -0.15) is 0 Å². The van der Waals surface area contributed by atoms with E-state index in [0.717, 1.165) is 25.9 Å². The molecule has 0 heterocycles. The van der Waals surface area contributed by atoms with Crippen molar-refractivity contribution in [1.82, 2.24) is 10.6 Å². The Morgan fingerprint density at radius 3 is 2.56 bits per heavy atom. The monoisotopic (exact) mass is 256 g/mol. The van der Waals surface area contributed by atoms with Gasteiger partial charge in [-0.15, -0.1) is 0 Å². The second kappa shape index (κ2) is 8.48. The molecule has 1 rings (SSSR count). The van der Waals surface area contributed by atoms with Crippen molar-refractivity contribution in [2.45, 2.75) is 52.0 Å². The van der Waals surface area contributed by atoms with Crippen molar-refractivity contribution in [2.24, 2.45) is 11.8 Å². The minimum absolute atomic E-state index is 0.116. The molecule has 1 amide bonds. The maximum atomic E-state index is 11.6. The summed E-state index contributed by atoms with van der Waals surface area (Å²) in [6.45, 7) is 5.87. The van der Waals surface area contributed by atoms with Crippen molar-refractivity contribution in [1.29, 1.82) is 0 Å². The summed E-state index contributed by atoms with van der Waals surface area (Å²) in [5, 5.41) is 15.5. The molecule has 0 aliphatic heterocycles. The molecular formula is C14H28N2O2. The minimum atomic E-state index is 0.116. The third-order valence-electron chi connectivity index (χ3n) is 3.77. The Balaban J connectivity index is 2.16. The van der Waals surface area contributed by atoms with Crippen LogP contribution in [-0.4, -0.2) is 36.8 Å². The Bertz CT molecular complexity index is 244. The number of carbonyl (C=O) groups is 1. The summed E-state index contributed by atoms with van der Waals surface area (Å²) < 4.78 is 0. The molecule has 3 N–H and O–H groups in total. The summed E-state index contributed by atoms with van der Waals surface area (Å²) in [5.74, 6) is 0.962. The van der Waals surface area contributed by atoms with Crippen LogP contribution in [0.4, 0.5) is 0 Å². The van der Waals surface area contributed by atoms with Crippen LogP contribution in [0.25, 0.3) is 0 Å². The molecule has 0 aromatic carbocycles. The lowest BCUT2D eigenvalue weighted by atomic mass is 9.79. The van der Waals surface area contributed by atoms with E-state index in [9.17, 15) is 9.90 Å². The highest BCUT2D eigenvalue weighted by atomic mass is 16.3. The van der Waals surface area contributed by atoms with E-state index >= 15 is 0 Å². The fourth-order valence-electron chi connectivity index (χ4n) is 2.60. The van der Waals surface area contributed by atoms with Gasteiger partial charge in [-0.3, -0.25) is 4.79 Å². The third kappa shape index (κ3) is 5.83. The first kappa shape index (κ1) is 15.4. The summed E-state index contributed by atoms with van der Waals surface area (Å²) in [7, 11) is 0. The predicted octanol–water partition coefficient (Wildman–Crippen LogP) is 1.29.